The highest BCUT2D eigenvalue weighted by atomic mass is 32.2. The van der Waals surface area contributed by atoms with Gasteiger partial charge in [-0.05, 0) is 62.4 Å². The molecule has 2 aliphatic heterocycles. The standard InChI is InChI=1S/C32H36N3O10PS/c1-21(43-46(40,44-25-11-5-6-12-25)45-26-13-7-8-14-26)29(32(37)42-19-22-15-17-23(18-16-22)35(38)39)34-30(36)28-31(34)47-27(33-28)20-41-24-9-3-2-4-10-24/h2-4,9-10,15-18,25-26,28,31H,5-8,11-14,19-20H2,1H3. The highest BCUT2D eigenvalue weighted by molar-refractivity contribution is 8.15. The molecular formula is C32H36N3O10PS. The predicted molar refractivity (Wildman–Crippen MR) is 172 cm³/mol. The van der Waals surface area contributed by atoms with Gasteiger partial charge in [0.15, 0.2) is 11.7 Å². The zero-order valence-corrected chi connectivity index (χ0v) is 27.6. The molecule has 0 spiro atoms. The molecule has 47 heavy (non-hydrogen) atoms. The molecule has 13 nitrogen and oxygen atoms in total. The van der Waals surface area contributed by atoms with Gasteiger partial charge in [0.1, 0.15) is 35.1 Å². The summed E-state index contributed by atoms with van der Waals surface area (Å²) in [4.78, 5) is 43.5. The zero-order valence-electron chi connectivity index (χ0n) is 25.9. The second-order valence-corrected chi connectivity index (χ2v) is 14.4. The van der Waals surface area contributed by atoms with Gasteiger partial charge in [-0.15, -0.1) is 0 Å². The molecule has 4 aliphatic rings. The minimum absolute atomic E-state index is 0.104. The number of para-hydroxylation sites is 1. The third-order valence-corrected chi connectivity index (χ3v) is 11.2. The van der Waals surface area contributed by atoms with E-state index in [9.17, 15) is 24.3 Å². The Morgan fingerprint density at radius 2 is 1.60 bits per heavy atom. The first-order valence-corrected chi connectivity index (χ1v) is 18.0. The van der Waals surface area contributed by atoms with Gasteiger partial charge < -0.3 is 14.0 Å². The summed E-state index contributed by atoms with van der Waals surface area (Å²) in [7, 11) is -4.21. The van der Waals surface area contributed by atoms with Crippen LogP contribution in [-0.4, -0.2) is 57.0 Å². The largest absolute Gasteiger partial charge is 0.530 e. The molecule has 2 aromatic carbocycles. The second-order valence-electron chi connectivity index (χ2n) is 11.8. The van der Waals surface area contributed by atoms with E-state index in [4.69, 9.17) is 23.0 Å². The number of nitrogens with zero attached hydrogens (tertiary/aromatic N) is 3. The lowest BCUT2D eigenvalue weighted by Gasteiger charge is -2.41. The van der Waals surface area contributed by atoms with E-state index in [-0.39, 0.29) is 42.6 Å². The number of benzene rings is 2. The maximum absolute atomic E-state index is 14.2. The van der Waals surface area contributed by atoms with Crippen molar-refractivity contribution in [3.63, 3.8) is 0 Å². The van der Waals surface area contributed by atoms with Crippen LogP contribution >= 0.6 is 19.6 Å². The van der Waals surface area contributed by atoms with Gasteiger partial charge in [-0.3, -0.25) is 33.8 Å². The van der Waals surface area contributed by atoms with Crippen LogP contribution in [0.4, 0.5) is 5.69 Å². The summed E-state index contributed by atoms with van der Waals surface area (Å²) in [6, 6.07) is 14.0. The minimum Gasteiger partial charge on any atom is -0.487 e. The molecule has 0 aromatic heterocycles. The van der Waals surface area contributed by atoms with E-state index in [2.05, 4.69) is 4.99 Å². The van der Waals surface area contributed by atoms with Crippen molar-refractivity contribution in [3.8, 4) is 5.75 Å². The van der Waals surface area contributed by atoms with Gasteiger partial charge in [0, 0.05) is 12.1 Å². The number of ether oxygens (including phenoxy) is 2. The van der Waals surface area contributed by atoms with Crippen LogP contribution in [0.1, 0.15) is 63.9 Å². The van der Waals surface area contributed by atoms with Crippen LogP contribution < -0.4 is 4.74 Å². The SMILES string of the molecule is CC(OP(=O)(OC1CCCC1)OC1CCCC1)=C(C(=O)OCc1ccc([N+](=O)[O-])cc1)N1C(=O)C2N=C(COc3ccccc3)SC21. The quantitative estimate of drug-likeness (QED) is 0.0398. The average molecular weight is 686 g/mol. The van der Waals surface area contributed by atoms with Crippen LogP contribution in [0, 0.1) is 10.1 Å². The molecular weight excluding hydrogens is 649 g/mol. The Labute approximate surface area is 276 Å². The fraction of sp³-hybridized carbons (Fsp3) is 0.469. The lowest BCUT2D eigenvalue weighted by molar-refractivity contribution is -0.384. The van der Waals surface area contributed by atoms with E-state index in [0.29, 0.717) is 42.0 Å². The van der Waals surface area contributed by atoms with Crippen molar-refractivity contribution in [2.24, 2.45) is 4.99 Å². The number of phosphoric ester groups is 1. The lowest BCUT2D eigenvalue weighted by Crippen LogP contribution is -2.61. The Balaban J connectivity index is 1.23. The Morgan fingerprint density at radius 3 is 2.19 bits per heavy atom. The van der Waals surface area contributed by atoms with Crippen LogP contribution in [0.15, 0.2) is 71.0 Å². The summed E-state index contributed by atoms with van der Waals surface area (Å²) in [5, 5.41) is 11.0. The molecule has 2 heterocycles. The van der Waals surface area contributed by atoms with Crippen molar-refractivity contribution in [2.45, 2.75) is 88.5 Å². The molecule has 15 heteroatoms. The van der Waals surface area contributed by atoms with Crippen LogP contribution in [-0.2, 0) is 39.1 Å². The van der Waals surface area contributed by atoms with Gasteiger partial charge in [-0.2, -0.15) is 0 Å². The fourth-order valence-electron chi connectivity index (χ4n) is 5.95. The van der Waals surface area contributed by atoms with Gasteiger partial charge in [-0.1, -0.05) is 55.6 Å². The molecule has 2 aromatic rings. The van der Waals surface area contributed by atoms with Gasteiger partial charge in [0.25, 0.3) is 11.6 Å². The van der Waals surface area contributed by atoms with Gasteiger partial charge >= 0.3 is 13.8 Å². The van der Waals surface area contributed by atoms with Gasteiger partial charge in [0.2, 0.25) is 0 Å². The number of fused-ring (bicyclic) bond motifs is 1. The first-order chi connectivity index (χ1) is 22.7. The minimum atomic E-state index is -4.21. The molecule has 1 amide bonds. The number of thioether (sulfide) groups is 1. The fourth-order valence-corrected chi connectivity index (χ4v) is 8.87. The molecule has 0 radical (unpaired) electrons. The number of hydrogen-bond donors (Lipinski definition) is 0. The normalized spacial score (nSPS) is 21.9. The topological polar surface area (TPSA) is 156 Å². The Bertz CT molecular complexity index is 1570. The summed E-state index contributed by atoms with van der Waals surface area (Å²) >= 11 is 1.28. The van der Waals surface area contributed by atoms with Crippen LogP contribution in [0.5, 0.6) is 5.75 Å². The van der Waals surface area contributed by atoms with Crippen molar-refractivity contribution in [2.75, 3.05) is 6.61 Å². The van der Waals surface area contributed by atoms with Crippen molar-refractivity contribution < 1.29 is 42.1 Å². The number of aliphatic imine (C=N–C) groups is 1. The number of non-ortho nitro benzene ring substituents is 1. The molecule has 0 bridgehead atoms. The highest BCUT2D eigenvalue weighted by Crippen LogP contribution is 2.57. The van der Waals surface area contributed by atoms with E-state index in [0.717, 1.165) is 25.7 Å². The first kappa shape index (κ1) is 33.2. The third-order valence-electron chi connectivity index (χ3n) is 8.35. The number of likely N-dealkylation sites (tertiary alicyclic amines) is 1. The number of esters is 1. The Hall–Kier alpha value is -3.71. The number of carbonyl (C=O) groups is 2. The summed E-state index contributed by atoms with van der Waals surface area (Å²) in [5.41, 5.74) is 0.150. The molecule has 1 saturated heterocycles. The van der Waals surface area contributed by atoms with Crippen molar-refractivity contribution in [3.05, 3.63) is 81.7 Å². The maximum Gasteiger partial charge on any atom is 0.530 e. The van der Waals surface area contributed by atoms with Crippen molar-refractivity contribution in [1.29, 1.82) is 0 Å². The van der Waals surface area contributed by atoms with Gasteiger partial charge in [0.05, 0.1) is 17.1 Å². The summed E-state index contributed by atoms with van der Waals surface area (Å²) in [6.45, 7) is 1.34. The molecule has 2 unspecified atom stereocenters. The van der Waals surface area contributed by atoms with E-state index >= 15 is 0 Å². The number of amides is 1. The zero-order chi connectivity index (χ0) is 33.0. The highest BCUT2D eigenvalue weighted by Gasteiger charge is 2.56. The van der Waals surface area contributed by atoms with E-state index in [1.54, 1.807) is 0 Å². The van der Waals surface area contributed by atoms with Crippen LogP contribution in [0.2, 0.25) is 0 Å². The number of nitro benzene ring substituents is 1. The van der Waals surface area contributed by atoms with Crippen LogP contribution in [0.25, 0.3) is 0 Å². The lowest BCUT2D eigenvalue weighted by atomic mass is 10.1. The molecule has 3 fully saturated rings. The Kier molecular flexibility index (Phi) is 10.3. The summed E-state index contributed by atoms with van der Waals surface area (Å²) < 4.78 is 43.5. The summed E-state index contributed by atoms with van der Waals surface area (Å²) in [6.07, 6.45) is 5.96. The van der Waals surface area contributed by atoms with Crippen molar-refractivity contribution >= 4 is 42.2 Å². The number of hydrogen-bond acceptors (Lipinski definition) is 12. The number of phosphoric acid groups is 1. The molecule has 250 valence electrons. The third kappa shape index (κ3) is 7.89. The number of nitro groups is 1. The second kappa shape index (κ2) is 14.6. The predicted octanol–water partition coefficient (Wildman–Crippen LogP) is 6.67. The van der Waals surface area contributed by atoms with E-state index in [1.165, 1.54) is 47.9 Å². The monoisotopic (exact) mass is 685 g/mol. The number of rotatable bonds is 14. The first-order valence-electron chi connectivity index (χ1n) is 15.7. The van der Waals surface area contributed by atoms with Crippen LogP contribution in [0.3, 0.4) is 0 Å². The Morgan fingerprint density at radius 1 is 0.979 bits per heavy atom. The molecule has 0 N–H and O–H groups in total. The molecule has 6 rings (SSSR count). The molecule has 2 atom stereocenters. The van der Waals surface area contributed by atoms with Gasteiger partial charge in [-0.25, -0.2) is 9.36 Å². The molecule has 2 saturated carbocycles. The summed E-state index contributed by atoms with van der Waals surface area (Å²) in [5.74, 6) is -0.848. The van der Waals surface area contributed by atoms with E-state index < -0.39 is 36.0 Å². The average Bonchev–Trinajstić information content (AvgIpc) is 3.84. The van der Waals surface area contributed by atoms with E-state index in [1.807, 2.05) is 30.3 Å². The number of β-lactam (4-membered cyclic amide) rings is 1. The molecule has 2 aliphatic carbocycles. The number of allylic oxidation sites excluding steroid dienone is 1. The maximum atomic E-state index is 14.2. The number of carbonyl (C=O) groups excluding carboxylic acids is 2. The smallest absolute Gasteiger partial charge is 0.487 e. The van der Waals surface area contributed by atoms with Crippen molar-refractivity contribution in [1.82, 2.24) is 4.90 Å².